The molecule has 0 aliphatic carbocycles. The van der Waals surface area contributed by atoms with Crippen molar-refractivity contribution >= 4 is 27.2 Å². The molecule has 0 atom stereocenters. The fourth-order valence-corrected chi connectivity index (χ4v) is 5.38. The molecule has 0 bridgehead atoms. The Morgan fingerprint density at radius 2 is 1.85 bits per heavy atom. The Morgan fingerprint density at radius 1 is 1.12 bits per heavy atom. The summed E-state index contributed by atoms with van der Waals surface area (Å²) in [5, 5.41) is 3.94. The summed E-state index contributed by atoms with van der Waals surface area (Å²) in [6.07, 6.45) is 3.27. The average molecular weight is 489 g/mol. The third kappa shape index (κ3) is 6.91. The van der Waals surface area contributed by atoms with Gasteiger partial charge in [0.05, 0.1) is 37.0 Å². The maximum Gasteiger partial charge on any atom is 0.228 e. The predicted molar refractivity (Wildman–Crippen MR) is 133 cm³/mol. The minimum atomic E-state index is -3.63. The van der Waals surface area contributed by atoms with Gasteiger partial charge in [-0.3, -0.25) is 0 Å². The first-order valence-electron chi connectivity index (χ1n) is 11.0. The van der Waals surface area contributed by atoms with E-state index < -0.39 is 9.84 Å². The second kappa shape index (κ2) is 11.0. The number of aromatic nitrogens is 2. The first kappa shape index (κ1) is 25.0. The minimum Gasteiger partial charge on any atom is -0.467 e. The first-order chi connectivity index (χ1) is 15.7. The quantitative estimate of drug-likeness (QED) is 0.424. The zero-order valence-electron chi connectivity index (χ0n) is 19.6. The van der Waals surface area contributed by atoms with E-state index in [1.807, 2.05) is 65.8 Å². The van der Waals surface area contributed by atoms with Crippen LogP contribution in [0.4, 0.5) is 0 Å². The van der Waals surface area contributed by atoms with Crippen LogP contribution in [0.5, 0.6) is 0 Å². The van der Waals surface area contributed by atoms with Gasteiger partial charge in [0.15, 0.2) is 5.11 Å². The van der Waals surface area contributed by atoms with E-state index in [9.17, 15) is 8.42 Å². The van der Waals surface area contributed by atoms with Crippen LogP contribution in [0.2, 0.25) is 0 Å². The summed E-state index contributed by atoms with van der Waals surface area (Å²) >= 11 is 5.65. The predicted octanol–water partition coefficient (Wildman–Crippen LogP) is 4.39. The second-order valence-electron chi connectivity index (χ2n) is 8.82. The minimum absolute atomic E-state index is 0.0915. The number of sulfone groups is 1. The van der Waals surface area contributed by atoms with E-state index in [-0.39, 0.29) is 22.9 Å². The zero-order chi connectivity index (χ0) is 24.0. The third-order valence-corrected chi connectivity index (χ3v) is 6.88. The highest BCUT2D eigenvalue weighted by molar-refractivity contribution is 7.90. The number of nitrogens with zero attached hydrogens (tertiary/aromatic N) is 3. The molecule has 178 valence electrons. The molecular formula is C24H32N4O3S2. The summed E-state index contributed by atoms with van der Waals surface area (Å²) in [4.78, 5) is 6.34. The monoisotopic (exact) mass is 488 g/mol. The second-order valence-corrected chi connectivity index (χ2v) is 11.1. The molecule has 0 spiro atoms. The lowest BCUT2D eigenvalue weighted by Gasteiger charge is -2.27. The van der Waals surface area contributed by atoms with Crippen LogP contribution in [0.3, 0.4) is 0 Å². The van der Waals surface area contributed by atoms with Crippen LogP contribution in [0.15, 0.2) is 64.5 Å². The molecule has 3 rings (SSSR count). The smallest absolute Gasteiger partial charge is 0.228 e. The molecule has 33 heavy (non-hydrogen) atoms. The van der Waals surface area contributed by atoms with Crippen molar-refractivity contribution in [3.63, 3.8) is 0 Å². The van der Waals surface area contributed by atoms with Gasteiger partial charge in [-0.15, -0.1) is 0 Å². The SMILES string of the molecule is CC(C)Cn1c(CN(Cc2ccco2)C(=S)NC(C)C)cnc1S(=O)(=O)Cc1ccccc1. The van der Waals surface area contributed by atoms with E-state index in [0.717, 1.165) is 17.0 Å². The molecule has 0 radical (unpaired) electrons. The summed E-state index contributed by atoms with van der Waals surface area (Å²) in [6, 6.07) is 13.1. The Balaban J connectivity index is 1.93. The molecule has 7 nitrogen and oxygen atoms in total. The maximum atomic E-state index is 13.3. The normalized spacial score (nSPS) is 11.8. The Morgan fingerprint density at radius 3 is 2.45 bits per heavy atom. The van der Waals surface area contributed by atoms with Crippen LogP contribution in [0, 0.1) is 5.92 Å². The van der Waals surface area contributed by atoms with Crippen LogP contribution < -0.4 is 5.32 Å². The summed E-state index contributed by atoms with van der Waals surface area (Å²) in [5.41, 5.74) is 1.52. The summed E-state index contributed by atoms with van der Waals surface area (Å²) in [7, 11) is -3.63. The highest BCUT2D eigenvalue weighted by Crippen LogP contribution is 2.21. The number of nitrogens with one attached hydrogen (secondary N) is 1. The molecule has 1 N–H and O–H groups in total. The number of imidazole rings is 1. The van der Waals surface area contributed by atoms with E-state index in [4.69, 9.17) is 16.6 Å². The number of furan rings is 1. The van der Waals surface area contributed by atoms with Crippen LogP contribution in [-0.4, -0.2) is 34.0 Å². The van der Waals surface area contributed by atoms with E-state index >= 15 is 0 Å². The lowest BCUT2D eigenvalue weighted by molar-refractivity contribution is 0.335. The van der Waals surface area contributed by atoms with Gasteiger partial charge < -0.3 is 19.2 Å². The van der Waals surface area contributed by atoms with Gasteiger partial charge in [-0.25, -0.2) is 13.4 Å². The van der Waals surface area contributed by atoms with Crippen molar-refractivity contribution in [2.24, 2.45) is 5.92 Å². The van der Waals surface area contributed by atoms with Crippen LogP contribution >= 0.6 is 12.2 Å². The van der Waals surface area contributed by atoms with Gasteiger partial charge in [0.2, 0.25) is 15.0 Å². The topological polar surface area (TPSA) is 80.4 Å². The molecule has 0 aliphatic heterocycles. The molecule has 0 saturated heterocycles. The molecule has 1 aromatic carbocycles. The first-order valence-corrected chi connectivity index (χ1v) is 13.1. The van der Waals surface area contributed by atoms with Crippen LogP contribution in [-0.2, 0) is 35.2 Å². The molecule has 0 aliphatic rings. The molecule has 2 aromatic heterocycles. The molecule has 0 unspecified atom stereocenters. The number of rotatable bonds is 10. The van der Waals surface area contributed by atoms with Gasteiger partial charge in [0, 0.05) is 12.6 Å². The zero-order valence-corrected chi connectivity index (χ0v) is 21.2. The standard InChI is InChI=1S/C24H32N4O3S2/c1-18(2)14-28-21(13-25-24(28)33(29,30)17-20-9-6-5-7-10-20)15-27(23(32)26-19(3)4)16-22-11-8-12-31-22/h5-13,18-19H,14-17H2,1-4H3,(H,26,32). The largest absolute Gasteiger partial charge is 0.467 e. The number of benzene rings is 1. The maximum absolute atomic E-state index is 13.3. The molecular weight excluding hydrogens is 456 g/mol. The summed E-state index contributed by atoms with van der Waals surface area (Å²) in [6.45, 7) is 9.57. The van der Waals surface area contributed by atoms with E-state index in [1.165, 1.54) is 0 Å². The van der Waals surface area contributed by atoms with Crippen molar-refractivity contribution in [1.29, 1.82) is 0 Å². The van der Waals surface area contributed by atoms with Gasteiger partial charge in [-0.1, -0.05) is 44.2 Å². The van der Waals surface area contributed by atoms with E-state index in [2.05, 4.69) is 24.1 Å². The molecule has 2 heterocycles. The molecule has 0 saturated carbocycles. The van der Waals surface area contributed by atoms with Gasteiger partial charge in [-0.2, -0.15) is 0 Å². The van der Waals surface area contributed by atoms with Gasteiger partial charge in [0.1, 0.15) is 5.76 Å². The molecule has 0 fully saturated rings. The van der Waals surface area contributed by atoms with Crippen molar-refractivity contribution in [3.8, 4) is 0 Å². The highest BCUT2D eigenvalue weighted by atomic mass is 32.2. The number of thiocarbonyl (C=S) groups is 1. The Bertz CT molecular complexity index is 1140. The third-order valence-electron chi connectivity index (χ3n) is 4.91. The van der Waals surface area contributed by atoms with Gasteiger partial charge in [-0.05, 0) is 49.7 Å². The summed E-state index contributed by atoms with van der Waals surface area (Å²) < 4.78 is 33.9. The fraction of sp³-hybridized carbons (Fsp3) is 0.417. The van der Waals surface area contributed by atoms with Crippen molar-refractivity contribution < 1.29 is 12.8 Å². The van der Waals surface area contributed by atoms with Crippen molar-refractivity contribution in [2.45, 2.75) is 64.3 Å². The highest BCUT2D eigenvalue weighted by Gasteiger charge is 2.26. The van der Waals surface area contributed by atoms with Crippen molar-refractivity contribution in [3.05, 3.63) is 71.9 Å². The number of hydrogen-bond donors (Lipinski definition) is 1. The molecule has 3 aromatic rings. The average Bonchev–Trinajstić information content (AvgIpc) is 3.37. The van der Waals surface area contributed by atoms with Gasteiger partial charge in [0.25, 0.3) is 0 Å². The lowest BCUT2D eigenvalue weighted by atomic mass is 10.2. The van der Waals surface area contributed by atoms with Crippen molar-refractivity contribution in [2.75, 3.05) is 0 Å². The van der Waals surface area contributed by atoms with Gasteiger partial charge >= 0.3 is 0 Å². The Kier molecular flexibility index (Phi) is 8.31. The lowest BCUT2D eigenvalue weighted by Crippen LogP contribution is -2.42. The summed E-state index contributed by atoms with van der Waals surface area (Å²) in [5.74, 6) is 0.920. The van der Waals surface area contributed by atoms with Crippen LogP contribution in [0.25, 0.3) is 0 Å². The van der Waals surface area contributed by atoms with Crippen molar-refractivity contribution in [1.82, 2.24) is 19.8 Å². The Hall–Kier alpha value is -2.65. The van der Waals surface area contributed by atoms with E-state index in [0.29, 0.717) is 24.7 Å². The number of hydrogen-bond acceptors (Lipinski definition) is 5. The molecule has 0 amide bonds. The molecule has 9 heteroatoms. The van der Waals surface area contributed by atoms with E-state index in [1.54, 1.807) is 12.5 Å². The fourth-order valence-electron chi connectivity index (χ4n) is 3.51. The van der Waals surface area contributed by atoms with Crippen LogP contribution in [0.1, 0.15) is 44.7 Å². The Labute approximate surface area is 201 Å².